The van der Waals surface area contributed by atoms with Gasteiger partial charge in [-0.05, 0) is 17.7 Å². The van der Waals surface area contributed by atoms with Crippen molar-refractivity contribution in [2.75, 3.05) is 0 Å². The zero-order chi connectivity index (χ0) is 11.6. The minimum atomic E-state index is -1.06. The molecule has 0 saturated heterocycles. The topological polar surface area (TPSA) is 63.3 Å². The van der Waals surface area contributed by atoms with Gasteiger partial charge in [0.15, 0.2) is 0 Å². The Morgan fingerprint density at radius 3 is 2.80 bits per heavy atom. The van der Waals surface area contributed by atoms with Gasteiger partial charge in [0.05, 0.1) is 11.4 Å². The van der Waals surface area contributed by atoms with E-state index in [1.165, 1.54) is 12.1 Å². The first-order chi connectivity index (χ1) is 6.91. The number of carbonyl (C=O) groups is 1. The first kappa shape index (κ1) is 12.4. The van der Waals surface area contributed by atoms with Crippen LogP contribution in [0.2, 0.25) is 5.02 Å². The second-order valence-electron chi connectivity index (χ2n) is 3.00. The third-order valence-corrected chi connectivity index (χ3v) is 2.67. The smallest absolute Gasteiger partial charge is 0.305 e. The first-order valence-electron chi connectivity index (χ1n) is 4.03. The predicted molar refractivity (Wildman–Crippen MR) is 58.3 cm³/mol. The van der Waals surface area contributed by atoms with Gasteiger partial charge < -0.3 is 10.8 Å². The third kappa shape index (κ3) is 3.15. The summed E-state index contributed by atoms with van der Waals surface area (Å²) in [5.41, 5.74) is 5.87. The summed E-state index contributed by atoms with van der Waals surface area (Å²) in [7, 11) is 0. The number of aliphatic carboxylic acids is 1. The van der Waals surface area contributed by atoms with Crippen LogP contribution in [0.3, 0.4) is 0 Å². The average molecular weight is 297 g/mol. The molecule has 0 bridgehead atoms. The lowest BCUT2D eigenvalue weighted by atomic mass is 10.0. The van der Waals surface area contributed by atoms with Crippen molar-refractivity contribution in [2.45, 2.75) is 12.5 Å². The monoisotopic (exact) mass is 295 g/mol. The van der Waals surface area contributed by atoms with E-state index in [-0.39, 0.29) is 17.0 Å². The lowest BCUT2D eigenvalue weighted by Crippen LogP contribution is -2.15. The maximum atomic E-state index is 13.2. The number of carboxylic acids is 1. The second-order valence-corrected chi connectivity index (χ2v) is 4.29. The molecule has 1 aromatic carbocycles. The van der Waals surface area contributed by atoms with E-state index in [1.807, 2.05) is 0 Å². The molecule has 0 aromatic heterocycles. The van der Waals surface area contributed by atoms with Crippen LogP contribution in [-0.2, 0) is 4.79 Å². The highest BCUT2D eigenvalue weighted by atomic mass is 79.9. The van der Waals surface area contributed by atoms with Crippen molar-refractivity contribution >= 4 is 33.5 Å². The third-order valence-electron chi connectivity index (χ3n) is 1.82. The molecule has 0 spiro atoms. The quantitative estimate of drug-likeness (QED) is 0.843. The minimum Gasteiger partial charge on any atom is -0.481 e. The van der Waals surface area contributed by atoms with Gasteiger partial charge in [0.25, 0.3) is 0 Å². The number of hydrogen-bond acceptors (Lipinski definition) is 2. The van der Waals surface area contributed by atoms with Gasteiger partial charge in [-0.25, -0.2) is 4.39 Å². The Bertz CT molecular complexity index is 400. The van der Waals surface area contributed by atoms with Crippen LogP contribution in [-0.4, -0.2) is 11.1 Å². The van der Waals surface area contributed by atoms with Crippen molar-refractivity contribution in [2.24, 2.45) is 5.73 Å². The fourth-order valence-electron chi connectivity index (χ4n) is 1.14. The molecule has 0 fully saturated rings. The molecule has 15 heavy (non-hydrogen) atoms. The SMILES string of the molecule is NC(CC(=O)O)c1cc(Br)cc(F)c1Cl. The molecular formula is C9H8BrClFNO2. The number of hydrogen-bond donors (Lipinski definition) is 2. The molecule has 1 atom stereocenters. The molecule has 0 aliphatic heterocycles. The van der Waals surface area contributed by atoms with Crippen molar-refractivity contribution in [3.05, 3.63) is 33.0 Å². The summed E-state index contributed by atoms with van der Waals surface area (Å²) in [5.74, 6) is -1.68. The number of benzene rings is 1. The minimum absolute atomic E-state index is 0.132. The molecule has 1 unspecified atom stereocenters. The standard InChI is InChI=1S/C9H8BrClFNO2/c10-4-1-5(7(13)3-8(14)15)9(11)6(12)2-4/h1-2,7H,3,13H2,(H,14,15). The Kier molecular flexibility index (Phi) is 4.07. The molecule has 82 valence electrons. The highest BCUT2D eigenvalue weighted by Crippen LogP contribution is 2.29. The Balaban J connectivity index is 3.07. The number of rotatable bonds is 3. The van der Waals surface area contributed by atoms with Crippen molar-refractivity contribution in [1.82, 2.24) is 0 Å². The summed E-state index contributed by atoms with van der Waals surface area (Å²) >= 11 is 8.75. The molecule has 1 aromatic rings. The average Bonchev–Trinajstić information content (AvgIpc) is 2.09. The van der Waals surface area contributed by atoms with E-state index in [0.29, 0.717) is 4.47 Å². The molecule has 3 nitrogen and oxygen atoms in total. The van der Waals surface area contributed by atoms with Crippen LogP contribution in [0, 0.1) is 5.82 Å². The van der Waals surface area contributed by atoms with Crippen LogP contribution in [0.5, 0.6) is 0 Å². The van der Waals surface area contributed by atoms with Gasteiger partial charge in [0.1, 0.15) is 5.82 Å². The van der Waals surface area contributed by atoms with E-state index >= 15 is 0 Å². The predicted octanol–water partition coefficient (Wildman–Crippen LogP) is 2.72. The van der Waals surface area contributed by atoms with E-state index in [2.05, 4.69) is 15.9 Å². The zero-order valence-corrected chi connectivity index (χ0v) is 9.85. The van der Waals surface area contributed by atoms with Gasteiger partial charge in [-0.3, -0.25) is 4.79 Å². The largest absolute Gasteiger partial charge is 0.481 e. The Morgan fingerprint density at radius 2 is 2.27 bits per heavy atom. The molecule has 0 heterocycles. The normalized spacial score (nSPS) is 12.5. The van der Waals surface area contributed by atoms with Crippen LogP contribution in [0.4, 0.5) is 4.39 Å². The lowest BCUT2D eigenvalue weighted by molar-refractivity contribution is -0.137. The summed E-state index contributed by atoms with van der Waals surface area (Å²) in [6, 6.07) is 1.89. The molecule has 3 N–H and O–H groups in total. The van der Waals surface area contributed by atoms with Crippen LogP contribution in [0.1, 0.15) is 18.0 Å². The summed E-state index contributed by atoms with van der Waals surface area (Å²) < 4.78 is 13.6. The molecular weight excluding hydrogens is 288 g/mol. The van der Waals surface area contributed by atoms with E-state index in [4.69, 9.17) is 22.4 Å². The summed E-state index contributed by atoms with van der Waals surface area (Å²) in [6.07, 6.45) is -0.296. The fourth-order valence-corrected chi connectivity index (χ4v) is 1.84. The van der Waals surface area contributed by atoms with Crippen molar-refractivity contribution in [3.63, 3.8) is 0 Å². The van der Waals surface area contributed by atoms with Crippen molar-refractivity contribution in [3.8, 4) is 0 Å². The molecule has 1 rings (SSSR count). The van der Waals surface area contributed by atoms with Gasteiger partial charge in [-0.15, -0.1) is 0 Å². The van der Waals surface area contributed by atoms with Crippen LogP contribution in [0.15, 0.2) is 16.6 Å². The van der Waals surface area contributed by atoms with Crippen LogP contribution >= 0.6 is 27.5 Å². The second kappa shape index (κ2) is 4.92. The molecule has 6 heteroatoms. The number of carboxylic acid groups (broad SMARTS) is 1. The van der Waals surface area contributed by atoms with Crippen LogP contribution in [0.25, 0.3) is 0 Å². The maximum absolute atomic E-state index is 13.2. The fraction of sp³-hybridized carbons (Fsp3) is 0.222. The molecule has 0 amide bonds. The Hall–Kier alpha value is -0.650. The highest BCUT2D eigenvalue weighted by molar-refractivity contribution is 9.10. The highest BCUT2D eigenvalue weighted by Gasteiger charge is 2.17. The van der Waals surface area contributed by atoms with Gasteiger partial charge >= 0.3 is 5.97 Å². The molecule has 0 saturated carbocycles. The molecule has 0 aliphatic carbocycles. The van der Waals surface area contributed by atoms with Crippen molar-refractivity contribution < 1.29 is 14.3 Å². The summed E-state index contributed by atoms with van der Waals surface area (Å²) in [6.45, 7) is 0. The maximum Gasteiger partial charge on any atom is 0.305 e. The van der Waals surface area contributed by atoms with Crippen LogP contribution < -0.4 is 5.73 Å². The summed E-state index contributed by atoms with van der Waals surface area (Å²) in [4.78, 5) is 10.4. The molecule has 0 aliphatic rings. The Labute approximate surface area is 99.2 Å². The van der Waals surface area contributed by atoms with E-state index in [9.17, 15) is 9.18 Å². The van der Waals surface area contributed by atoms with Gasteiger partial charge in [-0.1, -0.05) is 27.5 Å². The van der Waals surface area contributed by atoms with E-state index in [0.717, 1.165) is 0 Å². The number of nitrogens with two attached hydrogens (primary N) is 1. The first-order valence-corrected chi connectivity index (χ1v) is 5.20. The Morgan fingerprint density at radius 1 is 1.67 bits per heavy atom. The van der Waals surface area contributed by atoms with Gasteiger partial charge in [-0.2, -0.15) is 0 Å². The van der Waals surface area contributed by atoms with Gasteiger partial charge in [0.2, 0.25) is 0 Å². The van der Waals surface area contributed by atoms with Gasteiger partial charge in [0, 0.05) is 10.5 Å². The number of halogens is 3. The van der Waals surface area contributed by atoms with E-state index < -0.39 is 17.8 Å². The van der Waals surface area contributed by atoms with Crippen molar-refractivity contribution in [1.29, 1.82) is 0 Å². The van der Waals surface area contributed by atoms with E-state index in [1.54, 1.807) is 0 Å². The molecule has 0 radical (unpaired) electrons. The lowest BCUT2D eigenvalue weighted by Gasteiger charge is -2.12. The zero-order valence-electron chi connectivity index (χ0n) is 7.51. The summed E-state index contributed by atoms with van der Waals surface area (Å²) in [5, 5.41) is 8.41.